The van der Waals surface area contributed by atoms with Gasteiger partial charge in [-0.2, -0.15) is 0 Å². The summed E-state index contributed by atoms with van der Waals surface area (Å²) in [6, 6.07) is 5.59. The SMILES string of the molecule is CC(C)S(=O)(=O)Nc1ccc(S(=O)(=O)N(C)C)cc1. The van der Waals surface area contributed by atoms with Crippen LogP contribution in [-0.4, -0.2) is 40.5 Å². The van der Waals surface area contributed by atoms with Crippen molar-refractivity contribution < 1.29 is 16.8 Å². The summed E-state index contributed by atoms with van der Waals surface area (Å²) in [7, 11) is -4.05. The molecule has 0 fully saturated rings. The minimum atomic E-state index is -3.50. The first-order valence-electron chi connectivity index (χ1n) is 5.61. The molecule has 0 aromatic heterocycles. The van der Waals surface area contributed by atoms with Crippen LogP contribution in [0.15, 0.2) is 29.2 Å². The van der Waals surface area contributed by atoms with E-state index in [1.54, 1.807) is 13.8 Å². The molecule has 108 valence electrons. The monoisotopic (exact) mass is 306 g/mol. The van der Waals surface area contributed by atoms with Gasteiger partial charge in [0.1, 0.15) is 0 Å². The second-order valence-electron chi connectivity index (χ2n) is 4.51. The Morgan fingerprint density at radius 3 is 1.84 bits per heavy atom. The predicted octanol–water partition coefficient (Wildman–Crippen LogP) is 1.09. The number of anilines is 1. The molecule has 0 spiro atoms. The van der Waals surface area contributed by atoms with Gasteiger partial charge in [0, 0.05) is 19.8 Å². The summed E-state index contributed by atoms with van der Waals surface area (Å²) in [5, 5.41) is -0.558. The van der Waals surface area contributed by atoms with E-state index in [0.717, 1.165) is 4.31 Å². The number of hydrogen-bond donors (Lipinski definition) is 1. The number of nitrogens with zero attached hydrogens (tertiary/aromatic N) is 1. The molecule has 1 rings (SSSR count). The molecule has 19 heavy (non-hydrogen) atoms. The summed E-state index contributed by atoms with van der Waals surface area (Å²) in [4.78, 5) is 0.116. The molecular formula is C11H18N2O4S2. The highest BCUT2D eigenvalue weighted by molar-refractivity contribution is 7.93. The molecule has 0 aliphatic carbocycles. The van der Waals surface area contributed by atoms with E-state index in [1.165, 1.54) is 38.4 Å². The summed E-state index contributed by atoms with van der Waals surface area (Å²) >= 11 is 0. The van der Waals surface area contributed by atoms with Crippen LogP contribution in [0.25, 0.3) is 0 Å². The van der Waals surface area contributed by atoms with Crippen molar-refractivity contribution in [1.82, 2.24) is 4.31 Å². The Kier molecular flexibility index (Phi) is 4.59. The molecule has 6 nitrogen and oxygen atoms in total. The van der Waals surface area contributed by atoms with Gasteiger partial charge in [0.25, 0.3) is 0 Å². The zero-order chi connectivity index (χ0) is 14.8. The molecule has 0 radical (unpaired) electrons. The third-order valence-corrected chi connectivity index (χ3v) is 6.10. The van der Waals surface area contributed by atoms with Crippen LogP contribution in [-0.2, 0) is 20.0 Å². The highest BCUT2D eigenvalue weighted by atomic mass is 32.2. The minimum absolute atomic E-state index is 0.116. The fraction of sp³-hybridized carbons (Fsp3) is 0.455. The van der Waals surface area contributed by atoms with Gasteiger partial charge < -0.3 is 0 Å². The number of hydrogen-bond acceptors (Lipinski definition) is 4. The van der Waals surface area contributed by atoms with Crippen LogP contribution in [0.5, 0.6) is 0 Å². The topological polar surface area (TPSA) is 83.5 Å². The van der Waals surface area contributed by atoms with E-state index in [9.17, 15) is 16.8 Å². The fourth-order valence-corrected chi connectivity index (χ4v) is 2.79. The maximum Gasteiger partial charge on any atom is 0.242 e. The second-order valence-corrected chi connectivity index (χ2v) is 8.90. The average Bonchev–Trinajstić information content (AvgIpc) is 2.28. The van der Waals surface area contributed by atoms with E-state index in [4.69, 9.17) is 0 Å². The van der Waals surface area contributed by atoms with Crippen molar-refractivity contribution >= 4 is 25.7 Å². The third kappa shape index (κ3) is 3.68. The lowest BCUT2D eigenvalue weighted by Crippen LogP contribution is -2.23. The van der Waals surface area contributed by atoms with Gasteiger partial charge >= 0.3 is 0 Å². The lowest BCUT2D eigenvalue weighted by molar-refractivity contribution is 0.521. The normalized spacial score (nSPS) is 12.9. The van der Waals surface area contributed by atoms with E-state index >= 15 is 0 Å². The van der Waals surface area contributed by atoms with Crippen LogP contribution in [0.3, 0.4) is 0 Å². The van der Waals surface area contributed by atoms with E-state index in [1.807, 2.05) is 0 Å². The third-order valence-electron chi connectivity index (χ3n) is 2.51. The minimum Gasteiger partial charge on any atom is -0.283 e. The van der Waals surface area contributed by atoms with Crippen molar-refractivity contribution in [3.8, 4) is 0 Å². The number of rotatable bonds is 5. The summed E-state index contributed by atoms with van der Waals surface area (Å²) in [6.07, 6.45) is 0. The molecule has 1 aromatic carbocycles. The van der Waals surface area contributed by atoms with Crippen molar-refractivity contribution in [3.05, 3.63) is 24.3 Å². The molecule has 0 aliphatic heterocycles. The van der Waals surface area contributed by atoms with E-state index in [-0.39, 0.29) is 4.90 Å². The molecule has 0 unspecified atom stereocenters. The number of benzene rings is 1. The number of sulfonamides is 2. The van der Waals surface area contributed by atoms with Gasteiger partial charge in [-0.25, -0.2) is 21.1 Å². The van der Waals surface area contributed by atoms with Gasteiger partial charge in [0.2, 0.25) is 20.0 Å². The van der Waals surface area contributed by atoms with Gasteiger partial charge in [-0.1, -0.05) is 0 Å². The lowest BCUT2D eigenvalue weighted by Gasteiger charge is -2.13. The molecular weight excluding hydrogens is 288 g/mol. The van der Waals surface area contributed by atoms with Gasteiger partial charge in [0.05, 0.1) is 10.1 Å². The smallest absolute Gasteiger partial charge is 0.242 e. The molecule has 0 aliphatic rings. The Morgan fingerprint density at radius 1 is 1.00 bits per heavy atom. The van der Waals surface area contributed by atoms with Crippen LogP contribution in [0.4, 0.5) is 5.69 Å². The first-order valence-corrected chi connectivity index (χ1v) is 8.60. The maximum absolute atomic E-state index is 11.8. The van der Waals surface area contributed by atoms with Gasteiger partial charge in [0.15, 0.2) is 0 Å². The van der Waals surface area contributed by atoms with Crippen LogP contribution in [0.1, 0.15) is 13.8 Å². The summed E-state index contributed by atoms with van der Waals surface area (Å²) < 4.78 is 50.4. The van der Waals surface area contributed by atoms with Crippen LogP contribution in [0.2, 0.25) is 0 Å². The Labute approximate surface area is 114 Å². The summed E-state index contributed by atoms with van der Waals surface area (Å²) in [6.45, 7) is 3.13. The quantitative estimate of drug-likeness (QED) is 0.882. The van der Waals surface area contributed by atoms with Crippen molar-refractivity contribution in [2.45, 2.75) is 24.0 Å². The molecule has 0 bridgehead atoms. The molecule has 0 saturated carbocycles. The maximum atomic E-state index is 11.8. The predicted molar refractivity (Wildman–Crippen MR) is 75.0 cm³/mol. The van der Waals surface area contributed by atoms with Crippen molar-refractivity contribution in [1.29, 1.82) is 0 Å². The first-order chi connectivity index (χ1) is 8.57. The Hall–Kier alpha value is -1.12. The average molecular weight is 306 g/mol. The molecule has 0 saturated heterocycles. The van der Waals surface area contributed by atoms with Crippen LogP contribution >= 0.6 is 0 Å². The number of nitrogens with one attached hydrogen (secondary N) is 1. The highest BCUT2D eigenvalue weighted by Gasteiger charge is 2.18. The zero-order valence-electron chi connectivity index (χ0n) is 11.3. The molecule has 0 heterocycles. The molecule has 1 N–H and O–H groups in total. The summed E-state index contributed by atoms with van der Waals surface area (Å²) in [5.41, 5.74) is 0.339. The largest absolute Gasteiger partial charge is 0.283 e. The van der Waals surface area contributed by atoms with E-state index in [0.29, 0.717) is 5.69 Å². The van der Waals surface area contributed by atoms with Crippen LogP contribution in [0, 0.1) is 0 Å². The first kappa shape index (κ1) is 15.9. The van der Waals surface area contributed by atoms with Crippen molar-refractivity contribution in [2.75, 3.05) is 18.8 Å². The fourth-order valence-electron chi connectivity index (χ4n) is 1.19. The molecule has 8 heteroatoms. The van der Waals surface area contributed by atoms with Gasteiger partial charge in [-0.3, -0.25) is 4.72 Å². The Balaban J connectivity index is 3.02. The van der Waals surface area contributed by atoms with E-state index < -0.39 is 25.3 Å². The van der Waals surface area contributed by atoms with Crippen molar-refractivity contribution in [2.24, 2.45) is 0 Å². The van der Waals surface area contributed by atoms with Gasteiger partial charge in [-0.15, -0.1) is 0 Å². The Morgan fingerprint density at radius 2 is 1.47 bits per heavy atom. The van der Waals surface area contributed by atoms with Crippen LogP contribution < -0.4 is 4.72 Å². The standard InChI is InChI=1S/C11H18N2O4S2/c1-9(2)18(14,15)12-10-5-7-11(8-6-10)19(16,17)13(3)4/h5-9,12H,1-4H3. The Bertz CT molecular complexity index is 632. The lowest BCUT2D eigenvalue weighted by atomic mass is 10.3. The molecule has 0 amide bonds. The van der Waals surface area contributed by atoms with E-state index in [2.05, 4.69) is 4.72 Å². The van der Waals surface area contributed by atoms with Gasteiger partial charge in [-0.05, 0) is 38.1 Å². The highest BCUT2D eigenvalue weighted by Crippen LogP contribution is 2.18. The zero-order valence-corrected chi connectivity index (χ0v) is 12.9. The second kappa shape index (κ2) is 5.48. The molecule has 1 aromatic rings. The summed E-state index contributed by atoms with van der Waals surface area (Å²) in [5.74, 6) is 0. The molecule has 0 atom stereocenters. The van der Waals surface area contributed by atoms with Crippen molar-refractivity contribution in [3.63, 3.8) is 0 Å².